The molecule has 0 aliphatic carbocycles. The molecule has 0 bridgehead atoms. The zero-order valence-electron chi connectivity index (χ0n) is 17.9. The lowest BCUT2D eigenvalue weighted by Crippen LogP contribution is -2.43. The highest BCUT2D eigenvalue weighted by molar-refractivity contribution is 5.85. The Hall–Kier alpha value is -3.09. The SMILES string of the molecule is CCCc1cc(=O)oc2c(C)c(OC(C)C(=O)N3CCc4nc(C)[nH]c4C3)ccc12. The van der Waals surface area contributed by atoms with E-state index in [0.29, 0.717) is 24.4 Å². The lowest BCUT2D eigenvalue weighted by atomic mass is 10.0. The van der Waals surface area contributed by atoms with Crippen molar-refractivity contribution in [2.45, 2.75) is 59.6 Å². The molecule has 30 heavy (non-hydrogen) atoms. The molecular formula is C23H27N3O4. The molecule has 0 saturated carbocycles. The van der Waals surface area contributed by atoms with E-state index in [0.717, 1.165) is 53.0 Å². The van der Waals surface area contributed by atoms with Gasteiger partial charge in [-0.05, 0) is 44.9 Å². The normalized spacial score (nSPS) is 14.6. The number of rotatable bonds is 5. The summed E-state index contributed by atoms with van der Waals surface area (Å²) in [5, 5.41) is 0.915. The third-order valence-electron chi connectivity index (χ3n) is 5.63. The van der Waals surface area contributed by atoms with Crippen LogP contribution in [0, 0.1) is 13.8 Å². The lowest BCUT2D eigenvalue weighted by Gasteiger charge is -2.29. The number of nitrogens with one attached hydrogen (secondary N) is 1. The minimum Gasteiger partial charge on any atom is -0.480 e. The van der Waals surface area contributed by atoms with Gasteiger partial charge >= 0.3 is 5.63 Å². The van der Waals surface area contributed by atoms with Gasteiger partial charge in [-0.1, -0.05) is 13.3 Å². The first-order chi connectivity index (χ1) is 14.4. The molecular weight excluding hydrogens is 382 g/mol. The van der Waals surface area contributed by atoms with Crippen molar-refractivity contribution in [2.24, 2.45) is 0 Å². The molecule has 3 aromatic rings. The second-order valence-electron chi connectivity index (χ2n) is 7.92. The second-order valence-corrected chi connectivity index (χ2v) is 7.92. The van der Waals surface area contributed by atoms with E-state index in [9.17, 15) is 9.59 Å². The standard InChI is InChI=1S/C23H27N3O4/c1-5-6-16-11-21(27)30-22-13(2)20(8-7-17(16)22)29-14(3)23(28)26-10-9-18-19(12-26)25-15(4)24-18/h7-8,11,14H,5-6,9-10,12H2,1-4H3,(H,24,25). The van der Waals surface area contributed by atoms with E-state index in [1.807, 2.05) is 26.0 Å². The number of carbonyl (C=O) groups excluding carboxylic acids is 1. The minimum atomic E-state index is -0.655. The molecule has 3 heterocycles. The van der Waals surface area contributed by atoms with Gasteiger partial charge in [0.25, 0.3) is 5.91 Å². The van der Waals surface area contributed by atoms with Crippen molar-refractivity contribution in [3.8, 4) is 5.75 Å². The Balaban J connectivity index is 1.55. The van der Waals surface area contributed by atoms with Gasteiger partial charge in [-0.2, -0.15) is 0 Å². The van der Waals surface area contributed by atoms with E-state index in [1.165, 1.54) is 0 Å². The smallest absolute Gasteiger partial charge is 0.336 e. The van der Waals surface area contributed by atoms with Gasteiger partial charge in [0.2, 0.25) is 0 Å². The van der Waals surface area contributed by atoms with Crippen LogP contribution in [0.25, 0.3) is 11.0 Å². The maximum atomic E-state index is 13.0. The Morgan fingerprint density at radius 2 is 2.17 bits per heavy atom. The number of hydrogen-bond donors (Lipinski definition) is 1. The number of benzene rings is 1. The Labute approximate surface area is 175 Å². The Bertz CT molecular complexity index is 1160. The van der Waals surface area contributed by atoms with Crippen LogP contribution in [0.5, 0.6) is 5.75 Å². The summed E-state index contributed by atoms with van der Waals surface area (Å²) in [4.78, 5) is 34.5. The quantitative estimate of drug-likeness (QED) is 0.652. The molecule has 1 unspecified atom stereocenters. The monoisotopic (exact) mass is 409 g/mol. The minimum absolute atomic E-state index is 0.0754. The fourth-order valence-corrected chi connectivity index (χ4v) is 4.13. The zero-order valence-corrected chi connectivity index (χ0v) is 17.9. The van der Waals surface area contributed by atoms with Gasteiger partial charge in [0.1, 0.15) is 17.2 Å². The number of imidazole rings is 1. The van der Waals surface area contributed by atoms with Gasteiger partial charge < -0.3 is 19.0 Å². The van der Waals surface area contributed by atoms with Crippen molar-refractivity contribution in [3.63, 3.8) is 0 Å². The molecule has 1 amide bonds. The number of amides is 1. The summed E-state index contributed by atoms with van der Waals surface area (Å²) in [5.41, 5.74) is 3.89. The van der Waals surface area contributed by atoms with E-state index in [2.05, 4.69) is 16.9 Å². The van der Waals surface area contributed by atoms with Gasteiger partial charge in [-0.15, -0.1) is 0 Å². The number of carbonyl (C=O) groups is 1. The van der Waals surface area contributed by atoms with E-state index in [-0.39, 0.29) is 11.5 Å². The van der Waals surface area contributed by atoms with E-state index >= 15 is 0 Å². The van der Waals surface area contributed by atoms with Crippen molar-refractivity contribution in [1.82, 2.24) is 14.9 Å². The van der Waals surface area contributed by atoms with Crippen molar-refractivity contribution in [2.75, 3.05) is 6.54 Å². The topological polar surface area (TPSA) is 88.4 Å². The number of aromatic amines is 1. The Morgan fingerprint density at radius 3 is 2.93 bits per heavy atom. The molecule has 1 aliphatic rings. The van der Waals surface area contributed by atoms with E-state index in [1.54, 1.807) is 17.9 Å². The molecule has 0 fully saturated rings. The van der Waals surface area contributed by atoms with Crippen molar-refractivity contribution in [1.29, 1.82) is 0 Å². The molecule has 1 aliphatic heterocycles. The van der Waals surface area contributed by atoms with Gasteiger partial charge in [-0.25, -0.2) is 9.78 Å². The number of ether oxygens (including phenoxy) is 1. The van der Waals surface area contributed by atoms with Crippen LogP contribution in [0.2, 0.25) is 0 Å². The van der Waals surface area contributed by atoms with Crippen LogP contribution in [0.1, 0.15) is 48.6 Å². The molecule has 2 aromatic heterocycles. The number of H-pyrrole nitrogens is 1. The highest BCUT2D eigenvalue weighted by atomic mass is 16.5. The summed E-state index contributed by atoms with van der Waals surface area (Å²) >= 11 is 0. The first kappa shape index (κ1) is 20.2. The van der Waals surface area contributed by atoms with Crippen LogP contribution in [0.3, 0.4) is 0 Å². The highest BCUT2D eigenvalue weighted by Crippen LogP contribution is 2.30. The van der Waals surface area contributed by atoms with E-state index < -0.39 is 6.10 Å². The predicted octanol–water partition coefficient (Wildman–Crippen LogP) is 3.44. The van der Waals surface area contributed by atoms with Crippen LogP contribution in [-0.4, -0.2) is 33.4 Å². The molecule has 0 radical (unpaired) electrons. The summed E-state index contributed by atoms with van der Waals surface area (Å²) in [5.74, 6) is 1.35. The van der Waals surface area contributed by atoms with Gasteiger partial charge in [0, 0.05) is 30.0 Å². The third kappa shape index (κ3) is 3.72. The van der Waals surface area contributed by atoms with Crippen LogP contribution in [0.4, 0.5) is 0 Å². The first-order valence-electron chi connectivity index (χ1n) is 10.4. The zero-order chi connectivity index (χ0) is 21.4. The van der Waals surface area contributed by atoms with Crippen molar-refractivity contribution in [3.05, 3.63) is 57.0 Å². The molecule has 1 atom stereocenters. The molecule has 1 N–H and O–H groups in total. The number of hydrogen-bond acceptors (Lipinski definition) is 5. The number of fused-ring (bicyclic) bond motifs is 2. The second kappa shape index (κ2) is 7.97. The third-order valence-corrected chi connectivity index (χ3v) is 5.63. The van der Waals surface area contributed by atoms with Gasteiger partial charge in [-0.3, -0.25) is 4.79 Å². The molecule has 0 spiro atoms. The lowest BCUT2D eigenvalue weighted by molar-refractivity contribution is -0.139. The Kier molecular flexibility index (Phi) is 5.37. The van der Waals surface area contributed by atoms with Crippen molar-refractivity contribution >= 4 is 16.9 Å². The largest absolute Gasteiger partial charge is 0.480 e. The fraction of sp³-hybridized carbons (Fsp3) is 0.435. The summed E-state index contributed by atoms with van der Waals surface area (Å²) in [7, 11) is 0. The van der Waals surface area contributed by atoms with E-state index in [4.69, 9.17) is 9.15 Å². The molecule has 1 aromatic carbocycles. The van der Waals surface area contributed by atoms with Crippen LogP contribution < -0.4 is 10.4 Å². The number of aromatic nitrogens is 2. The van der Waals surface area contributed by atoms with Crippen LogP contribution in [-0.2, 0) is 24.2 Å². The maximum absolute atomic E-state index is 13.0. The summed E-state index contributed by atoms with van der Waals surface area (Å²) in [6.07, 6.45) is 1.82. The predicted molar refractivity (Wildman–Crippen MR) is 114 cm³/mol. The van der Waals surface area contributed by atoms with Crippen LogP contribution in [0.15, 0.2) is 27.4 Å². The first-order valence-corrected chi connectivity index (χ1v) is 10.4. The number of aryl methyl sites for hydroxylation is 3. The molecule has 7 nitrogen and oxygen atoms in total. The summed E-state index contributed by atoms with van der Waals surface area (Å²) in [6.45, 7) is 8.73. The summed E-state index contributed by atoms with van der Waals surface area (Å²) in [6, 6.07) is 5.32. The average Bonchev–Trinajstić information content (AvgIpc) is 3.09. The van der Waals surface area contributed by atoms with Gasteiger partial charge in [0.15, 0.2) is 6.10 Å². The average molecular weight is 409 g/mol. The highest BCUT2D eigenvalue weighted by Gasteiger charge is 2.28. The van der Waals surface area contributed by atoms with Gasteiger partial charge in [0.05, 0.1) is 17.9 Å². The molecule has 7 heteroatoms. The molecule has 158 valence electrons. The summed E-state index contributed by atoms with van der Waals surface area (Å²) < 4.78 is 11.5. The van der Waals surface area contributed by atoms with Crippen molar-refractivity contribution < 1.29 is 13.9 Å². The number of nitrogens with zero attached hydrogens (tertiary/aromatic N) is 2. The van der Waals surface area contributed by atoms with Crippen LogP contribution >= 0.6 is 0 Å². The maximum Gasteiger partial charge on any atom is 0.336 e. The molecule has 0 saturated heterocycles. The fourth-order valence-electron chi connectivity index (χ4n) is 4.13. The Morgan fingerprint density at radius 1 is 1.37 bits per heavy atom. The molecule has 4 rings (SSSR count).